The first kappa shape index (κ1) is 22.4. The van der Waals surface area contributed by atoms with E-state index in [0.29, 0.717) is 44.6 Å². The van der Waals surface area contributed by atoms with Gasteiger partial charge in [-0.3, -0.25) is 4.79 Å². The zero-order valence-electron chi connectivity index (χ0n) is 18.8. The molecule has 0 spiro atoms. The number of fused-ring (bicyclic) bond motifs is 3. The zero-order chi connectivity index (χ0) is 23.2. The summed E-state index contributed by atoms with van der Waals surface area (Å²) >= 11 is 0. The molecule has 0 radical (unpaired) electrons. The lowest BCUT2D eigenvalue weighted by atomic mass is 9.60. The SMILES string of the molecule is O=C(O)/C=C/C1CCCN1C(=O)c1cc(C2CC2)c(OCC23CCC(F)(CC2)CC3)cc1F. The Bertz CT molecular complexity index is 962. The number of ether oxygens (including phenoxy) is 1. The van der Waals surface area contributed by atoms with E-state index in [1.165, 1.54) is 12.1 Å². The van der Waals surface area contributed by atoms with E-state index in [2.05, 4.69) is 0 Å². The van der Waals surface area contributed by atoms with E-state index in [9.17, 15) is 14.0 Å². The molecule has 1 atom stereocenters. The summed E-state index contributed by atoms with van der Waals surface area (Å²) in [4.78, 5) is 25.6. The highest BCUT2D eigenvalue weighted by molar-refractivity contribution is 5.95. The first-order chi connectivity index (χ1) is 15.8. The summed E-state index contributed by atoms with van der Waals surface area (Å²) in [7, 11) is 0. The van der Waals surface area contributed by atoms with Crippen LogP contribution in [-0.2, 0) is 4.79 Å². The molecule has 4 aliphatic carbocycles. The summed E-state index contributed by atoms with van der Waals surface area (Å²) in [5.41, 5.74) is -0.129. The van der Waals surface area contributed by atoms with Crippen LogP contribution in [0.3, 0.4) is 0 Å². The third kappa shape index (κ3) is 4.51. The van der Waals surface area contributed by atoms with Crippen molar-refractivity contribution in [2.75, 3.05) is 13.2 Å². The summed E-state index contributed by atoms with van der Waals surface area (Å²) < 4.78 is 35.9. The third-order valence-electron chi connectivity index (χ3n) is 8.21. The average Bonchev–Trinajstić information content (AvgIpc) is 3.53. The number of alkyl halides is 1. The number of aliphatic carboxylic acids is 1. The summed E-state index contributed by atoms with van der Waals surface area (Å²) in [5, 5.41) is 8.91. The molecule has 5 fully saturated rings. The van der Waals surface area contributed by atoms with Crippen molar-refractivity contribution in [1.29, 1.82) is 0 Å². The van der Waals surface area contributed by atoms with Gasteiger partial charge in [0.05, 0.1) is 18.2 Å². The maximum atomic E-state index is 15.2. The van der Waals surface area contributed by atoms with Gasteiger partial charge in [0.25, 0.3) is 5.91 Å². The molecule has 2 bridgehead atoms. The van der Waals surface area contributed by atoms with E-state index in [-0.39, 0.29) is 22.9 Å². The van der Waals surface area contributed by atoms with E-state index >= 15 is 4.39 Å². The van der Waals surface area contributed by atoms with Crippen LogP contribution in [0.2, 0.25) is 0 Å². The second kappa shape index (κ2) is 8.41. The summed E-state index contributed by atoms with van der Waals surface area (Å²) in [6.07, 6.45) is 10.1. The van der Waals surface area contributed by atoms with Crippen molar-refractivity contribution in [2.45, 2.75) is 81.8 Å². The monoisotopic (exact) mass is 459 g/mol. The minimum absolute atomic E-state index is 0.0237. The number of hydrogen-bond donors (Lipinski definition) is 1. The van der Waals surface area contributed by atoms with Crippen LogP contribution in [0.4, 0.5) is 8.78 Å². The highest BCUT2D eigenvalue weighted by atomic mass is 19.1. The largest absolute Gasteiger partial charge is 0.493 e. The van der Waals surface area contributed by atoms with Crippen molar-refractivity contribution >= 4 is 11.9 Å². The lowest BCUT2D eigenvalue weighted by Gasteiger charge is -2.49. The average molecular weight is 460 g/mol. The number of benzene rings is 1. The molecule has 1 heterocycles. The third-order valence-corrected chi connectivity index (χ3v) is 8.21. The van der Waals surface area contributed by atoms with Gasteiger partial charge < -0.3 is 14.7 Å². The standard InChI is InChI=1S/C26H31F2NO4/c27-21-15-22(33-16-25-7-10-26(28,11-8-25)12-9-25)19(17-3-4-17)14-20(21)24(32)29-13-1-2-18(29)5-6-23(30)31/h5-6,14-15,17-18H,1-4,7-13,16H2,(H,30,31)/b6-5+. The molecule has 1 unspecified atom stereocenters. The molecule has 1 saturated heterocycles. The molecule has 0 aromatic heterocycles. The van der Waals surface area contributed by atoms with Crippen LogP contribution in [-0.4, -0.2) is 46.7 Å². The van der Waals surface area contributed by atoms with Gasteiger partial charge in [-0.25, -0.2) is 13.6 Å². The van der Waals surface area contributed by atoms with Gasteiger partial charge in [-0.05, 0) is 81.8 Å². The van der Waals surface area contributed by atoms with Crippen LogP contribution in [0.1, 0.15) is 86.0 Å². The van der Waals surface area contributed by atoms with E-state index in [4.69, 9.17) is 9.84 Å². The Morgan fingerprint density at radius 1 is 1.12 bits per heavy atom. The highest BCUT2D eigenvalue weighted by Crippen LogP contribution is 2.54. The van der Waals surface area contributed by atoms with Gasteiger partial charge in [0, 0.05) is 24.1 Å². The first-order valence-corrected chi connectivity index (χ1v) is 12.1. The molecule has 1 N–H and O–H groups in total. The van der Waals surface area contributed by atoms with Crippen LogP contribution >= 0.6 is 0 Å². The molecule has 1 aromatic rings. The Hall–Kier alpha value is -2.44. The lowest BCUT2D eigenvalue weighted by molar-refractivity contribution is -0.131. The fraction of sp³-hybridized carbons (Fsp3) is 0.615. The second-order valence-electron chi connectivity index (χ2n) is 10.5. The summed E-state index contributed by atoms with van der Waals surface area (Å²) in [5.74, 6) is -1.31. The molecule has 4 saturated carbocycles. The lowest BCUT2D eigenvalue weighted by Crippen LogP contribution is -2.46. The van der Waals surface area contributed by atoms with Crippen LogP contribution in [0.5, 0.6) is 5.75 Å². The maximum absolute atomic E-state index is 15.2. The maximum Gasteiger partial charge on any atom is 0.328 e. The van der Waals surface area contributed by atoms with E-state index < -0.39 is 23.4 Å². The number of hydrogen-bond acceptors (Lipinski definition) is 3. The number of rotatable bonds is 7. The minimum atomic E-state index is -1.06. The number of carbonyl (C=O) groups excluding carboxylic acids is 1. The van der Waals surface area contributed by atoms with Crippen molar-refractivity contribution in [2.24, 2.45) is 5.41 Å². The van der Waals surface area contributed by atoms with Crippen LogP contribution in [0, 0.1) is 11.2 Å². The van der Waals surface area contributed by atoms with Gasteiger partial charge in [0.15, 0.2) is 0 Å². The predicted octanol–water partition coefficient (Wildman–Crippen LogP) is 5.39. The predicted molar refractivity (Wildman–Crippen MR) is 119 cm³/mol. The van der Waals surface area contributed by atoms with Gasteiger partial charge in [-0.1, -0.05) is 6.08 Å². The quantitative estimate of drug-likeness (QED) is 0.555. The summed E-state index contributed by atoms with van der Waals surface area (Å²) in [6, 6.07) is 2.65. The normalized spacial score (nSPS) is 31.3. The molecule has 1 amide bonds. The Labute approximate surface area is 192 Å². The second-order valence-corrected chi connectivity index (χ2v) is 10.5. The smallest absolute Gasteiger partial charge is 0.328 e. The van der Waals surface area contributed by atoms with Gasteiger partial charge >= 0.3 is 5.97 Å². The fourth-order valence-corrected chi connectivity index (χ4v) is 5.83. The summed E-state index contributed by atoms with van der Waals surface area (Å²) in [6.45, 7) is 0.937. The topological polar surface area (TPSA) is 66.8 Å². The number of likely N-dealkylation sites (tertiary alicyclic amines) is 1. The van der Waals surface area contributed by atoms with Gasteiger partial charge in [-0.2, -0.15) is 0 Å². The van der Waals surface area contributed by atoms with Gasteiger partial charge in [0.1, 0.15) is 17.2 Å². The van der Waals surface area contributed by atoms with Crippen molar-refractivity contribution in [3.05, 3.63) is 41.2 Å². The number of carboxylic acid groups (broad SMARTS) is 1. The van der Waals surface area contributed by atoms with E-state index in [1.54, 1.807) is 11.0 Å². The number of halogens is 2. The fourth-order valence-electron chi connectivity index (χ4n) is 5.83. The molecule has 6 rings (SSSR count). The molecule has 5 aliphatic rings. The van der Waals surface area contributed by atoms with Crippen LogP contribution < -0.4 is 4.74 Å². The van der Waals surface area contributed by atoms with Crippen molar-refractivity contribution < 1.29 is 28.2 Å². The van der Waals surface area contributed by atoms with Crippen molar-refractivity contribution in [3.63, 3.8) is 0 Å². The minimum Gasteiger partial charge on any atom is -0.493 e. The number of nitrogens with zero attached hydrogens (tertiary/aromatic N) is 1. The molecule has 5 nitrogen and oxygen atoms in total. The Morgan fingerprint density at radius 3 is 2.45 bits per heavy atom. The van der Waals surface area contributed by atoms with E-state index in [1.807, 2.05) is 0 Å². The Balaban J connectivity index is 1.35. The van der Waals surface area contributed by atoms with E-state index in [0.717, 1.165) is 50.2 Å². The molecule has 1 aromatic carbocycles. The highest BCUT2D eigenvalue weighted by Gasteiger charge is 2.49. The zero-order valence-corrected chi connectivity index (χ0v) is 18.8. The van der Waals surface area contributed by atoms with Crippen molar-refractivity contribution in [3.8, 4) is 5.75 Å². The molecular formula is C26H31F2NO4. The first-order valence-electron chi connectivity index (χ1n) is 12.1. The molecule has 33 heavy (non-hydrogen) atoms. The van der Waals surface area contributed by atoms with Crippen LogP contribution in [0.15, 0.2) is 24.3 Å². The molecule has 178 valence electrons. The van der Waals surface area contributed by atoms with Crippen molar-refractivity contribution in [1.82, 2.24) is 4.90 Å². The number of amides is 1. The molecule has 7 heteroatoms. The molecular weight excluding hydrogens is 428 g/mol. The number of carboxylic acids is 1. The van der Waals surface area contributed by atoms with Gasteiger partial charge in [0.2, 0.25) is 0 Å². The Morgan fingerprint density at radius 2 is 1.82 bits per heavy atom. The number of carbonyl (C=O) groups is 2. The molecule has 1 aliphatic heterocycles. The van der Waals surface area contributed by atoms with Crippen LogP contribution in [0.25, 0.3) is 0 Å². The van der Waals surface area contributed by atoms with Gasteiger partial charge in [-0.15, -0.1) is 0 Å². The Kier molecular flexibility index (Phi) is 5.69.